The number of hydrogen-bond acceptors (Lipinski definition) is 3. The van der Waals surface area contributed by atoms with Crippen LogP contribution in [0.2, 0.25) is 0 Å². The largest absolute Gasteiger partial charge is 0.324 e. The van der Waals surface area contributed by atoms with Crippen LogP contribution in [0.15, 0.2) is 0 Å². The van der Waals surface area contributed by atoms with Crippen LogP contribution in [0.5, 0.6) is 0 Å². The van der Waals surface area contributed by atoms with Crippen LogP contribution < -0.4 is 0 Å². The summed E-state index contributed by atoms with van der Waals surface area (Å²) in [7, 11) is 0. The van der Waals surface area contributed by atoms with Crippen LogP contribution >= 0.6 is 0 Å². The molecule has 0 heterocycles. The number of hydrogen-bond donors (Lipinski definition) is 0. The van der Waals surface area contributed by atoms with Crippen LogP contribution in [0.1, 0.15) is 87.0 Å². The van der Waals surface area contributed by atoms with Crippen molar-refractivity contribution in [2.45, 2.75) is 111 Å². The third kappa shape index (κ3) is 7.61. The minimum Gasteiger partial charge on any atom is -0.324 e. The first-order valence-electron chi connectivity index (χ1n) is 8.46. The molecule has 0 aromatic heterocycles. The van der Waals surface area contributed by atoms with E-state index in [1.807, 2.05) is 0 Å². The van der Waals surface area contributed by atoms with E-state index >= 15 is 0 Å². The quantitative estimate of drug-likeness (QED) is 0.457. The van der Waals surface area contributed by atoms with Gasteiger partial charge in [0.05, 0.1) is 18.3 Å². The molecule has 0 saturated carbocycles. The summed E-state index contributed by atoms with van der Waals surface area (Å²) in [5.74, 6) is -0.879. The monoisotopic (exact) mass is 288 g/mol. The smallest absolute Gasteiger partial charge is 0.283 e. The molecule has 3 unspecified atom stereocenters. The van der Waals surface area contributed by atoms with Crippen LogP contribution in [0.3, 0.4) is 0 Å². The van der Waals surface area contributed by atoms with Crippen LogP contribution in [0.25, 0.3) is 0 Å². The molecule has 0 aliphatic carbocycles. The summed E-state index contributed by atoms with van der Waals surface area (Å²) in [6.07, 6.45) is 6.25. The van der Waals surface area contributed by atoms with Crippen molar-refractivity contribution in [2.24, 2.45) is 0 Å². The van der Waals surface area contributed by atoms with Gasteiger partial charge < -0.3 is 14.2 Å². The van der Waals surface area contributed by atoms with Gasteiger partial charge in [-0.1, -0.05) is 34.1 Å². The zero-order valence-electron chi connectivity index (χ0n) is 14.7. The van der Waals surface area contributed by atoms with Crippen molar-refractivity contribution in [3.05, 3.63) is 0 Å². The zero-order valence-corrected chi connectivity index (χ0v) is 14.7. The molecule has 0 aliphatic rings. The minimum absolute atomic E-state index is 0.139. The molecule has 20 heavy (non-hydrogen) atoms. The third-order valence-corrected chi connectivity index (χ3v) is 3.70. The van der Waals surface area contributed by atoms with Crippen molar-refractivity contribution in [1.82, 2.24) is 0 Å². The van der Waals surface area contributed by atoms with Gasteiger partial charge in [-0.3, -0.25) is 0 Å². The van der Waals surface area contributed by atoms with Crippen molar-refractivity contribution in [3.8, 4) is 0 Å². The Bertz CT molecular complexity index is 199. The molecular weight excluding hydrogens is 252 g/mol. The molecule has 3 heteroatoms. The highest BCUT2D eigenvalue weighted by Crippen LogP contribution is 2.29. The topological polar surface area (TPSA) is 27.7 Å². The average Bonchev–Trinajstić information content (AvgIpc) is 2.44. The fraction of sp³-hybridized carbons (Fsp3) is 1.00. The van der Waals surface area contributed by atoms with Gasteiger partial charge in [0.2, 0.25) is 0 Å². The highest BCUT2D eigenvalue weighted by Gasteiger charge is 2.37. The summed E-state index contributed by atoms with van der Waals surface area (Å²) in [4.78, 5) is 0. The molecule has 0 fully saturated rings. The molecular formula is C17H36O3. The lowest BCUT2D eigenvalue weighted by Crippen LogP contribution is -2.46. The first kappa shape index (κ1) is 19.9. The van der Waals surface area contributed by atoms with Crippen molar-refractivity contribution >= 4 is 0 Å². The fourth-order valence-corrected chi connectivity index (χ4v) is 1.82. The molecule has 3 nitrogen and oxygen atoms in total. The Kier molecular flexibility index (Phi) is 10.5. The number of rotatable bonds is 12. The molecule has 0 N–H and O–H groups in total. The molecule has 0 radical (unpaired) electrons. The highest BCUT2D eigenvalue weighted by molar-refractivity contribution is 4.66. The van der Waals surface area contributed by atoms with Gasteiger partial charge in [0.15, 0.2) is 0 Å². The second kappa shape index (κ2) is 10.6. The molecule has 122 valence electrons. The van der Waals surface area contributed by atoms with Gasteiger partial charge in [-0.25, -0.2) is 0 Å². The third-order valence-electron chi connectivity index (χ3n) is 3.70. The van der Waals surface area contributed by atoms with Crippen LogP contribution in [-0.2, 0) is 14.2 Å². The van der Waals surface area contributed by atoms with Crippen LogP contribution in [-0.4, -0.2) is 24.3 Å². The molecule has 0 aromatic carbocycles. The Morgan fingerprint density at radius 1 is 0.700 bits per heavy atom. The summed E-state index contributed by atoms with van der Waals surface area (Å²) in [5, 5.41) is 0. The van der Waals surface area contributed by atoms with E-state index in [4.69, 9.17) is 14.2 Å². The van der Waals surface area contributed by atoms with Crippen molar-refractivity contribution in [2.75, 3.05) is 0 Å². The first-order valence-corrected chi connectivity index (χ1v) is 8.46. The van der Waals surface area contributed by atoms with Gasteiger partial charge in [-0.05, 0) is 46.5 Å². The standard InChI is InChI=1S/C17H36O3/c1-8-12-13-17(18-14(5)9-2,19-15(6)10-3)20-16(7)11-4/h14-16H,8-13H2,1-7H3. The van der Waals surface area contributed by atoms with Gasteiger partial charge >= 0.3 is 0 Å². The Morgan fingerprint density at radius 3 is 1.30 bits per heavy atom. The van der Waals surface area contributed by atoms with Crippen LogP contribution in [0.4, 0.5) is 0 Å². The first-order chi connectivity index (χ1) is 9.42. The summed E-state index contributed by atoms with van der Waals surface area (Å²) in [5.41, 5.74) is 0. The lowest BCUT2D eigenvalue weighted by Gasteiger charge is -2.39. The highest BCUT2D eigenvalue weighted by atomic mass is 16.9. The van der Waals surface area contributed by atoms with Gasteiger partial charge in [-0.2, -0.15) is 0 Å². The Hall–Kier alpha value is -0.120. The van der Waals surface area contributed by atoms with Gasteiger partial charge in [-0.15, -0.1) is 0 Å². The summed E-state index contributed by atoms with van der Waals surface area (Å²) in [6, 6.07) is 0. The normalized spacial score (nSPS) is 19.4. The lowest BCUT2D eigenvalue weighted by atomic mass is 10.2. The number of unbranched alkanes of at least 4 members (excludes halogenated alkanes) is 1. The van der Waals surface area contributed by atoms with Crippen molar-refractivity contribution in [3.63, 3.8) is 0 Å². The van der Waals surface area contributed by atoms with E-state index in [9.17, 15) is 0 Å². The summed E-state index contributed by atoms with van der Waals surface area (Å²) in [6.45, 7) is 14.8. The van der Waals surface area contributed by atoms with Crippen molar-refractivity contribution in [1.29, 1.82) is 0 Å². The van der Waals surface area contributed by atoms with E-state index in [-0.39, 0.29) is 18.3 Å². The molecule has 0 aliphatic heterocycles. The Balaban J connectivity index is 5.03. The van der Waals surface area contributed by atoms with Gasteiger partial charge in [0.25, 0.3) is 5.97 Å². The zero-order chi connectivity index (χ0) is 15.6. The van der Waals surface area contributed by atoms with Gasteiger partial charge in [0.1, 0.15) is 0 Å². The van der Waals surface area contributed by atoms with Crippen LogP contribution in [0, 0.1) is 0 Å². The lowest BCUT2D eigenvalue weighted by molar-refractivity contribution is -0.416. The van der Waals surface area contributed by atoms with E-state index in [1.165, 1.54) is 0 Å². The van der Waals surface area contributed by atoms with Gasteiger partial charge in [0, 0.05) is 6.42 Å². The SMILES string of the molecule is CCCCC(OC(C)CC)(OC(C)CC)OC(C)CC. The van der Waals surface area contributed by atoms with E-state index in [0.29, 0.717) is 0 Å². The Labute approximate surface area is 126 Å². The van der Waals surface area contributed by atoms with E-state index in [1.54, 1.807) is 0 Å². The second-order valence-electron chi connectivity index (χ2n) is 5.80. The van der Waals surface area contributed by atoms with Crippen molar-refractivity contribution < 1.29 is 14.2 Å². The minimum atomic E-state index is -0.879. The molecule has 0 rings (SSSR count). The van der Waals surface area contributed by atoms with E-state index in [2.05, 4.69) is 48.5 Å². The Morgan fingerprint density at radius 2 is 1.05 bits per heavy atom. The molecule has 0 amide bonds. The molecule has 3 atom stereocenters. The number of ether oxygens (including phenoxy) is 3. The summed E-state index contributed by atoms with van der Waals surface area (Å²) < 4.78 is 18.6. The fourth-order valence-electron chi connectivity index (χ4n) is 1.82. The van der Waals surface area contributed by atoms with E-state index < -0.39 is 5.97 Å². The summed E-state index contributed by atoms with van der Waals surface area (Å²) >= 11 is 0. The maximum atomic E-state index is 6.19. The molecule has 0 spiro atoms. The predicted octanol–water partition coefficient (Wildman–Crippen LogP) is 5.28. The predicted molar refractivity (Wildman–Crippen MR) is 84.8 cm³/mol. The average molecular weight is 288 g/mol. The molecule has 0 saturated heterocycles. The second-order valence-corrected chi connectivity index (χ2v) is 5.80. The van der Waals surface area contributed by atoms with E-state index in [0.717, 1.165) is 38.5 Å². The molecule has 0 bridgehead atoms. The maximum absolute atomic E-state index is 6.19. The molecule has 0 aromatic rings. The maximum Gasteiger partial charge on any atom is 0.283 e.